The number of Topliss-reactive ketones (excluding diaryl/α,β-unsaturated/α-hetero) is 1. The fourth-order valence-electron chi connectivity index (χ4n) is 3.68. The standard InChI is InChI=1S/C17H35BO4Si2/c1-12(2)23(13(3)4)20-10-9-17(16(19)11-18)21-24(22-23,14(5)6)15(7)8/h12-15,17H,9-11H2,1-8H3/t17-/m1/s1. The molecular weight excluding hydrogens is 335 g/mol. The van der Waals surface area contributed by atoms with Gasteiger partial charge in [-0.25, -0.2) is 0 Å². The van der Waals surface area contributed by atoms with Crippen molar-refractivity contribution >= 4 is 30.8 Å². The van der Waals surface area contributed by atoms with E-state index in [1.807, 2.05) is 0 Å². The van der Waals surface area contributed by atoms with Crippen molar-refractivity contribution in [3.8, 4) is 0 Å². The average molecular weight is 370 g/mol. The molecule has 0 aliphatic carbocycles. The lowest BCUT2D eigenvalue weighted by Crippen LogP contribution is -2.64. The lowest BCUT2D eigenvalue weighted by Gasteiger charge is -2.50. The van der Waals surface area contributed by atoms with Crippen LogP contribution < -0.4 is 0 Å². The molecule has 24 heavy (non-hydrogen) atoms. The van der Waals surface area contributed by atoms with Gasteiger partial charge in [0.2, 0.25) is 0 Å². The lowest BCUT2D eigenvalue weighted by molar-refractivity contribution is -0.126. The van der Waals surface area contributed by atoms with Gasteiger partial charge in [-0.05, 0) is 28.5 Å². The zero-order valence-corrected chi connectivity index (χ0v) is 18.7. The van der Waals surface area contributed by atoms with Crippen LogP contribution in [0.2, 0.25) is 28.5 Å². The summed E-state index contributed by atoms with van der Waals surface area (Å²) >= 11 is 0. The van der Waals surface area contributed by atoms with Crippen LogP contribution in [0.25, 0.3) is 0 Å². The van der Waals surface area contributed by atoms with Crippen LogP contribution in [-0.4, -0.2) is 43.5 Å². The van der Waals surface area contributed by atoms with Gasteiger partial charge in [-0.3, -0.25) is 4.79 Å². The topological polar surface area (TPSA) is 44.8 Å². The van der Waals surface area contributed by atoms with Crippen LogP contribution in [0, 0.1) is 0 Å². The fourth-order valence-corrected chi connectivity index (χ4v) is 14.9. The summed E-state index contributed by atoms with van der Waals surface area (Å²) in [7, 11) is 0.472. The van der Waals surface area contributed by atoms with Crippen molar-refractivity contribution in [3.63, 3.8) is 0 Å². The molecular formula is C17H35BO4Si2. The number of ketones is 1. The number of carbonyl (C=O) groups is 1. The summed E-state index contributed by atoms with van der Waals surface area (Å²) in [5.74, 6) is -0.0522. The second-order valence-corrected chi connectivity index (χ2v) is 16.9. The van der Waals surface area contributed by atoms with Gasteiger partial charge in [0, 0.05) is 13.0 Å². The van der Waals surface area contributed by atoms with Crippen molar-refractivity contribution < 1.29 is 17.8 Å². The van der Waals surface area contributed by atoms with E-state index in [-0.39, 0.29) is 23.2 Å². The molecule has 138 valence electrons. The Morgan fingerprint density at radius 2 is 1.42 bits per heavy atom. The second-order valence-electron chi connectivity index (χ2n) is 8.08. The Morgan fingerprint density at radius 1 is 0.958 bits per heavy atom. The molecule has 1 aliphatic heterocycles. The molecule has 0 saturated carbocycles. The summed E-state index contributed by atoms with van der Waals surface area (Å²) in [4.78, 5) is 12.3. The molecule has 0 aromatic heterocycles. The number of hydrogen-bond donors (Lipinski definition) is 0. The van der Waals surface area contributed by atoms with E-state index in [0.717, 1.165) is 0 Å². The van der Waals surface area contributed by atoms with E-state index in [2.05, 4.69) is 55.4 Å². The molecule has 7 heteroatoms. The molecule has 1 saturated heterocycles. The zero-order valence-electron chi connectivity index (χ0n) is 16.7. The van der Waals surface area contributed by atoms with Crippen molar-refractivity contribution in [2.45, 2.75) is 96.4 Å². The van der Waals surface area contributed by atoms with Crippen LogP contribution in [0.5, 0.6) is 0 Å². The molecule has 4 nitrogen and oxygen atoms in total. The van der Waals surface area contributed by atoms with Crippen LogP contribution >= 0.6 is 0 Å². The molecule has 1 rings (SSSR count). The molecule has 1 fully saturated rings. The van der Waals surface area contributed by atoms with E-state index in [1.54, 1.807) is 0 Å². The fraction of sp³-hybridized carbons (Fsp3) is 0.941. The SMILES string of the molecule is [B]CC(=O)[C@H]1CCO[Si](C(C)C)(C(C)C)O[Si](C(C)C)(C(C)C)O1. The Balaban J connectivity index is 3.39. The highest BCUT2D eigenvalue weighted by molar-refractivity contribution is 6.84. The number of rotatable bonds is 6. The summed E-state index contributed by atoms with van der Waals surface area (Å²) in [5, 5.41) is 0. The highest BCUT2D eigenvalue weighted by Crippen LogP contribution is 2.45. The summed E-state index contributed by atoms with van der Waals surface area (Å²) < 4.78 is 20.0. The predicted octanol–water partition coefficient (Wildman–Crippen LogP) is 4.49. The van der Waals surface area contributed by atoms with Crippen LogP contribution in [0.1, 0.15) is 61.8 Å². The molecule has 1 heterocycles. The first-order valence-corrected chi connectivity index (χ1v) is 13.2. The molecule has 0 unspecified atom stereocenters. The van der Waals surface area contributed by atoms with Gasteiger partial charge < -0.3 is 13.0 Å². The highest BCUT2D eigenvalue weighted by atomic mass is 28.5. The van der Waals surface area contributed by atoms with Crippen molar-refractivity contribution in [1.82, 2.24) is 0 Å². The molecule has 0 amide bonds. The monoisotopic (exact) mass is 370 g/mol. The van der Waals surface area contributed by atoms with E-state index in [4.69, 9.17) is 20.8 Å². The summed E-state index contributed by atoms with van der Waals surface area (Å²) in [6, 6.07) is 0. The van der Waals surface area contributed by atoms with E-state index in [1.165, 1.54) is 0 Å². The third-order valence-electron chi connectivity index (χ3n) is 5.13. The van der Waals surface area contributed by atoms with Crippen LogP contribution in [0.15, 0.2) is 0 Å². The van der Waals surface area contributed by atoms with Gasteiger partial charge in [0.05, 0.1) is 7.85 Å². The van der Waals surface area contributed by atoms with Crippen LogP contribution in [-0.2, 0) is 17.8 Å². The quantitative estimate of drug-likeness (QED) is 0.646. The molecule has 0 spiro atoms. The minimum absolute atomic E-state index is 0.00225. The van der Waals surface area contributed by atoms with Gasteiger partial charge in [0.25, 0.3) is 0 Å². The summed E-state index contributed by atoms with van der Waals surface area (Å²) in [6.45, 7) is 17.9. The molecule has 0 bridgehead atoms. The first-order chi connectivity index (χ1) is 11.0. The van der Waals surface area contributed by atoms with Gasteiger partial charge in [-0.15, -0.1) is 0 Å². The first-order valence-electron chi connectivity index (χ1n) is 9.28. The largest absolute Gasteiger partial charge is 0.414 e. The maximum Gasteiger partial charge on any atom is 0.335 e. The van der Waals surface area contributed by atoms with E-state index >= 15 is 0 Å². The van der Waals surface area contributed by atoms with Gasteiger partial charge in [-0.2, -0.15) is 0 Å². The number of hydrogen-bond acceptors (Lipinski definition) is 4. The van der Waals surface area contributed by atoms with Gasteiger partial charge in [0.1, 0.15) is 6.10 Å². The Hall–Kier alpha value is 0.0487. The molecule has 0 N–H and O–H groups in total. The van der Waals surface area contributed by atoms with E-state index in [9.17, 15) is 4.79 Å². The normalized spacial score (nSPS) is 24.4. The van der Waals surface area contributed by atoms with Crippen molar-refractivity contribution in [2.75, 3.05) is 6.61 Å². The summed E-state index contributed by atoms with van der Waals surface area (Å²) in [6.07, 6.45) is 0.0714. The van der Waals surface area contributed by atoms with Gasteiger partial charge in [-0.1, -0.05) is 55.4 Å². The maximum absolute atomic E-state index is 12.3. The Bertz CT molecular complexity index is 411. The Morgan fingerprint density at radius 3 is 1.79 bits per heavy atom. The summed E-state index contributed by atoms with van der Waals surface area (Å²) in [5.41, 5.74) is 1.12. The third-order valence-corrected chi connectivity index (χ3v) is 15.4. The van der Waals surface area contributed by atoms with Crippen molar-refractivity contribution in [3.05, 3.63) is 0 Å². The minimum Gasteiger partial charge on any atom is -0.414 e. The van der Waals surface area contributed by atoms with Crippen LogP contribution in [0.4, 0.5) is 0 Å². The van der Waals surface area contributed by atoms with Crippen molar-refractivity contribution in [1.29, 1.82) is 0 Å². The molecule has 0 aromatic carbocycles. The Labute approximate surface area is 151 Å². The predicted molar refractivity (Wildman–Crippen MR) is 104 cm³/mol. The molecule has 2 radical (unpaired) electrons. The lowest BCUT2D eigenvalue weighted by atomic mass is 9.96. The average Bonchev–Trinajstić information content (AvgIpc) is 2.45. The maximum atomic E-state index is 12.3. The first kappa shape index (κ1) is 22.1. The molecule has 1 aliphatic rings. The highest BCUT2D eigenvalue weighted by Gasteiger charge is 2.58. The van der Waals surface area contributed by atoms with Gasteiger partial charge in [0.15, 0.2) is 5.78 Å². The molecule has 0 aromatic rings. The number of carbonyl (C=O) groups excluding carboxylic acids is 1. The second kappa shape index (κ2) is 8.62. The molecule has 1 atom stereocenters. The van der Waals surface area contributed by atoms with Crippen molar-refractivity contribution in [2.24, 2.45) is 0 Å². The van der Waals surface area contributed by atoms with Gasteiger partial charge >= 0.3 is 17.1 Å². The van der Waals surface area contributed by atoms with E-state index < -0.39 is 23.2 Å². The third kappa shape index (κ3) is 4.23. The van der Waals surface area contributed by atoms with Crippen LogP contribution in [0.3, 0.4) is 0 Å². The smallest absolute Gasteiger partial charge is 0.335 e. The zero-order chi connectivity index (χ0) is 18.7. The van der Waals surface area contributed by atoms with E-state index in [0.29, 0.717) is 24.1 Å². The minimum atomic E-state index is -2.66. The Kier molecular flexibility index (Phi) is 7.94.